The Bertz CT molecular complexity index is 1030. The summed E-state index contributed by atoms with van der Waals surface area (Å²) < 4.78 is 5.61. The molecule has 2 aromatic heterocycles. The standard InChI is InChI=1S/C24H26N2OS/c1-4-16(2)25-15-24-22(27-3)14-23(28-24)18-11-9-17(10-12-18)21-13-19-7-5-6-8-20(19)26-21/h5-14,16,25-26H,4,15H2,1-3H3. The van der Waals surface area contributed by atoms with E-state index in [1.54, 1.807) is 18.4 Å². The topological polar surface area (TPSA) is 37.0 Å². The largest absolute Gasteiger partial charge is 0.496 e. The molecule has 0 bridgehead atoms. The van der Waals surface area contributed by atoms with Crippen LogP contribution in [0.3, 0.4) is 0 Å². The van der Waals surface area contributed by atoms with Crippen molar-refractivity contribution in [2.24, 2.45) is 0 Å². The van der Waals surface area contributed by atoms with E-state index in [1.807, 2.05) is 0 Å². The van der Waals surface area contributed by atoms with Crippen molar-refractivity contribution in [2.75, 3.05) is 7.11 Å². The average Bonchev–Trinajstić information content (AvgIpc) is 3.36. The van der Waals surface area contributed by atoms with Crippen LogP contribution in [0.2, 0.25) is 0 Å². The Morgan fingerprint density at radius 3 is 2.50 bits per heavy atom. The molecule has 2 aromatic carbocycles. The molecular weight excluding hydrogens is 364 g/mol. The van der Waals surface area contributed by atoms with E-state index in [1.165, 1.54) is 31.8 Å². The van der Waals surface area contributed by atoms with Gasteiger partial charge in [0.1, 0.15) is 5.75 Å². The second kappa shape index (κ2) is 8.21. The van der Waals surface area contributed by atoms with Gasteiger partial charge in [-0.05, 0) is 42.7 Å². The van der Waals surface area contributed by atoms with Crippen molar-refractivity contribution < 1.29 is 4.74 Å². The number of ether oxygens (including phenoxy) is 1. The Hall–Kier alpha value is -2.56. The molecule has 28 heavy (non-hydrogen) atoms. The molecule has 2 heterocycles. The van der Waals surface area contributed by atoms with E-state index >= 15 is 0 Å². The highest BCUT2D eigenvalue weighted by molar-refractivity contribution is 7.15. The lowest BCUT2D eigenvalue weighted by molar-refractivity contribution is 0.408. The zero-order chi connectivity index (χ0) is 19.5. The highest BCUT2D eigenvalue weighted by Crippen LogP contribution is 2.37. The number of nitrogens with one attached hydrogen (secondary N) is 2. The van der Waals surface area contributed by atoms with E-state index in [2.05, 4.69) is 84.8 Å². The first-order valence-electron chi connectivity index (χ1n) is 9.76. The molecule has 0 spiro atoms. The molecule has 1 atom stereocenters. The number of benzene rings is 2. The molecule has 0 saturated heterocycles. The summed E-state index contributed by atoms with van der Waals surface area (Å²) in [6.07, 6.45) is 1.12. The Morgan fingerprint density at radius 2 is 1.79 bits per heavy atom. The van der Waals surface area contributed by atoms with Crippen LogP contribution in [-0.4, -0.2) is 18.1 Å². The fourth-order valence-electron chi connectivity index (χ4n) is 3.30. The zero-order valence-corrected chi connectivity index (χ0v) is 17.4. The minimum Gasteiger partial charge on any atom is -0.496 e. The third-order valence-electron chi connectivity index (χ3n) is 5.22. The van der Waals surface area contributed by atoms with E-state index in [4.69, 9.17) is 4.74 Å². The Balaban J connectivity index is 1.57. The Labute approximate surface area is 170 Å². The van der Waals surface area contributed by atoms with Crippen LogP contribution in [0.15, 0.2) is 60.7 Å². The van der Waals surface area contributed by atoms with Crippen molar-refractivity contribution in [1.29, 1.82) is 0 Å². The van der Waals surface area contributed by atoms with E-state index in [0.717, 1.165) is 24.4 Å². The molecule has 1 unspecified atom stereocenters. The summed E-state index contributed by atoms with van der Waals surface area (Å²) in [5.74, 6) is 0.968. The lowest BCUT2D eigenvalue weighted by Gasteiger charge is -2.10. The van der Waals surface area contributed by atoms with Crippen LogP contribution in [0.1, 0.15) is 25.1 Å². The maximum absolute atomic E-state index is 5.61. The molecule has 0 aliphatic carbocycles. The van der Waals surface area contributed by atoms with Gasteiger partial charge in [-0.15, -0.1) is 11.3 Å². The van der Waals surface area contributed by atoms with E-state index in [9.17, 15) is 0 Å². The molecule has 4 aromatic rings. The minimum atomic E-state index is 0.505. The fraction of sp³-hybridized carbons (Fsp3) is 0.250. The summed E-state index contributed by atoms with van der Waals surface area (Å²) in [6, 6.07) is 22.0. The van der Waals surface area contributed by atoms with Crippen LogP contribution < -0.4 is 10.1 Å². The van der Waals surface area contributed by atoms with E-state index < -0.39 is 0 Å². The molecule has 0 aliphatic heterocycles. The second-order valence-corrected chi connectivity index (χ2v) is 8.28. The number of fused-ring (bicyclic) bond motifs is 1. The van der Waals surface area contributed by atoms with Crippen LogP contribution >= 0.6 is 11.3 Å². The minimum absolute atomic E-state index is 0.505. The number of aromatic nitrogens is 1. The third kappa shape index (κ3) is 3.84. The Morgan fingerprint density at radius 1 is 1.04 bits per heavy atom. The molecule has 0 radical (unpaired) electrons. The number of aromatic amines is 1. The van der Waals surface area contributed by atoms with Crippen LogP contribution in [0.4, 0.5) is 0 Å². The molecule has 2 N–H and O–H groups in total. The lowest BCUT2D eigenvalue weighted by atomic mass is 10.1. The van der Waals surface area contributed by atoms with Crippen molar-refractivity contribution in [2.45, 2.75) is 32.9 Å². The molecule has 4 heteroatoms. The van der Waals surface area contributed by atoms with E-state index in [0.29, 0.717) is 6.04 Å². The van der Waals surface area contributed by atoms with Crippen molar-refractivity contribution in [3.8, 4) is 27.4 Å². The first kappa shape index (κ1) is 18.8. The quantitative estimate of drug-likeness (QED) is 0.380. The summed E-state index contributed by atoms with van der Waals surface area (Å²) in [6.45, 7) is 5.25. The Kier molecular flexibility index (Phi) is 5.51. The van der Waals surface area contributed by atoms with Gasteiger partial charge in [0.2, 0.25) is 0 Å². The summed E-state index contributed by atoms with van der Waals surface area (Å²) >= 11 is 1.80. The SMILES string of the molecule is CCC(C)NCc1sc(-c2ccc(-c3cc4ccccc4[nH]3)cc2)cc1OC. The molecule has 0 aliphatic rings. The van der Waals surface area contributed by atoms with Crippen molar-refractivity contribution in [3.05, 3.63) is 65.5 Å². The van der Waals surface area contributed by atoms with Gasteiger partial charge in [0.25, 0.3) is 0 Å². The molecule has 0 fully saturated rings. The number of hydrogen-bond acceptors (Lipinski definition) is 3. The lowest BCUT2D eigenvalue weighted by Crippen LogP contribution is -2.24. The van der Waals surface area contributed by atoms with Crippen LogP contribution in [0.5, 0.6) is 5.75 Å². The molecular formula is C24H26N2OS. The monoisotopic (exact) mass is 390 g/mol. The molecule has 0 saturated carbocycles. The van der Waals surface area contributed by atoms with Gasteiger partial charge in [-0.2, -0.15) is 0 Å². The van der Waals surface area contributed by atoms with Gasteiger partial charge >= 0.3 is 0 Å². The van der Waals surface area contributed by atoms with Gasteiger partial charge in [-0.1, -0.05) is 49.4 Å². The zero-order valence-electron chi connectivity index (χ0n) is 16.6. The maximum atomic E-state index is 5.61. The summed E-state index contributed by atoms with van der Waals surface area (Å²) in [5, 5.41) is 4.80. The van der Waals surface area contributed by atoms with Gasteiger partial charge < -0.3 is 15.0 Å². The molecule has 3 nitrogen and oxygen atoms in total. The number of hydrogen-bond donors (Lipinski definition) is 2. The fourth-order valence-corrected chi connectivity index (χ4v) is 4.39. The third-order valence-corrected chi connectivity index (χ3v) is 6.39. The maximum Gasteiger partial charge on any atom is 0.134 e. The number of thiophene rings is 1. The van der Waals surface area contributed by atoms with Crippen LogP contribution in [0, 0.1) is 0 Å². The van der Waals surface area contributed by atoms with Gasteiger partial charge in [0.15, 0.2) is 0 Å². The first-order valence-corrected chi connectivity index (χ1v) is 10.6. The van der Waals surface area contributed by atoms with Crippen molar-refractivity contribution >= 4 is 22.2 Å². The normalized spacial score (nSPS) is 12.4. The molecule has 4 rings (SSSR count). The predicted octanol–water partition coefficient (Wildman–Crippen LogP) is 6.46. The second-order valence-electron chi connectivity index (χ2n) is 7.14. The van der Waals surface area contributed by atoms with Gasteiger partial charge in [0, 0.05) is 34.1 Å². The first-order chi connectivity index (χ1) is 13.7. The highest BCUT2D eigenvalue weighted by atomic mass is 32.1. The number of rotatable bonds is 7. The molecule has 0 amide bonds. The number of para-hydroxylation sites is 1. The molecule has 144 valence electrons. The highest BCUT2D eigenvalue weighted by Gasteiger charge is 2.12. The smallest absolute Gasteiger partial charge is 0.134 e. The average molecular weight is 391 g/mol. The predicted molar refractivity (Wildman–Crippen MR) is 120 cm³/mol. The number of H-pyrrole nitrogens is 1. The van der Waals surface area contributed by atoms with Crippen molar-refractivity contribution in [1.82, 2.24) is 10.3 Å². The van der Waals surface area contributed by atoms with Crippen LogP contribution in [-0.2, 0) is 6.54 Å². The summed E-state index contributed by atoms with van der Waals surface area (Å²) in [4.78, 5) is 5.99. The van der Waals surface area contributed by atoms with Gasteiger partial charge in [-0.3, -0.25) is 0 Å². The van der Waals surface area contributed by atoms with Crippen LogP contribution in [0.25, 0.3) is 32.6 Å². The number of methoxy groups -OCH3 is 1. The summed E-state index contributed by atoms with van der Waals surface area (Å²) in [7, 11) is 1.75. The van der Waals surface area contributed by atoms with Crippen molar-refractivity contribution in [3.63, 3.8) is 0 Å². The summed E-state index contributed by atoms with van der Waals surface area (Å²) in [5.41, 5.74) is 4.73. The van der Waals surface area contributed by atoms with Gasteiger partial charge in [0.05, 0.1) is 12.0 Å². The van der Waals surface area contributed by atoms with Gasteiger partial charge in [-0.25, -0.2) is 0 Å². The van der Waals surface area contributed by atoms with E-state index in [-0.39, 0.29) is 0 Å².